The summed E-state index contributed by atoms with van der Waals surface area (Å²) in [5, 5.41) is 3.26. The lowest BCUT2D eigenvalue weighted by Crippen LogP contribution is -2.31. The molecule has 132 valence electrons. The highest BCUT2D eigenvalue weighted by Crippen LogP contribution is 2.22. The van der Waals surface area contributed by atoms with Gasteiger partial charge in [-0.2, -0.15) is 0 Å². The number of hydrogen-bond donors (Lipinski definition) is 1. The molecule has 0 saturated heterocycles. The molecule has 0 aliphatic heterocycles. The molecule has 0 bridgehead atoms. The van der Waals surface area contributed by atoms with Crippen LogP contribution in [0.4, 0.5) is 4.39 Å². The first-order chi connectivity index (χ1) is 12.0. The van der Waals surface area contributed by atoms with Crippen molar-refractivity contribution in [2.45, 2.75) is 17.9 Å². The molecule has 0 fully saturated rings. The van der Waals surface area contributed by atoms with Gasteiger partial charge in [0.1, 0.15) is 5.82 Å². The van der Waals surface area contributed by atoms with Crippen LogP contribution in [0.2, 0.25) is 5.02 Å². The summed E-state index contributed by atoms with van der Waals surface area (Å²) in [4.78, 5) is 23.9. The molecule has 0 aromatic heterocycles. The molecular weight excluding hydrogens is 365 g/mol. The fraction of sp³-hybridized carbons (Fsp3) is 0.222. The Morgan fingerprint density at radius 1 is 1.20 bits per heavy atom. The van der Waals surface area contributed by atoms with Crippen molar-refractivity contribution in [3.63, 3.8) is 0 Å². The second-order valence-electron chi connectivity index (χ2n) is 5.19. The van der Waals surface area contributed by atoms with E-state index in [9.17, 15) is 14.0 Å². The predicted molar refractivity (Wildman–Crippen MR) is 96.1 cm³/mol. The van der Waals surface area contributed by atoms with Gasteiger partial charge in [0.05, 0.1) is 11.8 Å². The minimum absolute atomic E-state index is 0.0751. The Labute approximate surface area is 154 Å². The topological polar surface area (TPSA) is 55.4 Å². The Morgan fingerprint density at radius 2 is 1.88 bits per heavy atom. The molecule has 25 heavy (non-hydrogen) atoms. The van der Waals surface area contributed by atoms with Gasteiger partial charge in [0.25, 0.3) is 5.91 Å². The molecular formula is C18H17ClFNO3S. The monoisotopic (exact) mass is 381 g/mol. The van der Waals surface area contributed by atoms with Crippen LogP contribution in [0.15, 0.2) is 53.4 Å². The van der Waals surface area contributed by atoms with Gasteiger partial charge >= 0.3 is 5.97 Å². The first-order valence-corrected chi connectivity index (χ1v) is 8.90. The molecule has 0 unspecified atom stereocenters. The third-order valence-corrected chi connectivity index (χ3v) is 4.66. The molecule has 0 aliphatic rings. The Bertz CT molecular complexity index is 757. The van der Waals surface area contributed by atoms with E-state index in [0.29, 0.717) is 9.92 Å². The molecule has 7 heteroatoms. The van der Waals surface area contributed by atoms with Gasteiger partial charge in [0.15, 0.2) is 6.61 Å². The van der Waals surface area contributed by atoms with Crippen LogP contribution in [0, 0.1) is 5.82 Å². The molecule has 1 N–H and O–H groups in total. The number of halogens is 2. The van der Waals surface area contributed by atoms with Gasteiger partial charge in [-0.25, -0.2) is 4.39 Å². The summed E-state index contributed by atoms with van der Waals surface area (Å²) >= 11 is 7.09. The predicted octanol–water partition coefficient (Wildman–Crippen LogP) is 3.99. The van der Waals surface area contributed by atoms with Crippen molar-refractivity contribution in [1.29, 1.82) is 0 Å². The normalized spacial score (nSPS) is 11.6. The third-order valence-electron chi connectivity index (χ3n) is 3.30. The molecule has 1 amide bonds. The molecule has 2 aromatic rings. The number of nitrogens with one attached hydrogen (secondary N) is 1. The highest BCUT2D eigenvalue weighted by Gasteiger charge is 2.14. The summed E-state index contributed by atoms with van der Waals surface area (Å²) in [6.45, 7) is 1.39. The average molecular weight is 382 g/mol. The first-order valence-electron chi connectivity index (χ1n) is 7.54. The Kier molecular flexibility index (Phi) is 7.28. The Morgan fingerprint density at radius 3 is 2.60 bits per heavy atom. The van der Waals surface area contributed by atoms with Crippen LogP contribution < -0.4 is 5.32 Å². The van der Waals surface area contributed by atoms with Crippen molar-refractivity contribution in [2.75, 3.05) is 12.4 Å². The quantitative estimate of drug-likeness (QED) is 0.582. The average Bonchev–Trinajstić information content (AvgIpc) is 2.59. The van der Waals surface area contributed by atoms with Gasteiger partial charge in [0, 0.05) is 9.92 Å². The number of carbonyl (C=O) groups excluding carboxylic acids is 2. The number of carbonyl (C=O) groups is 2. The first kappa shape index (κ1) is 19.3. The van der Waals surface area contributed by atoms with Crippen LogP contribution in [-0.4, -0.2) is 24.2 Å². The lowest BCUT2D eigenvalue weighted by molar-refractivity contribution is -0.146. The van der Waals surface area contributed by atoms with E-state index in [-0.39, 0.29) is 11.8 Å². The van der Waals surface area contributed by atoms with Gasteiger partial charge < -0.3 is 10.1 Å². The van der Waals surface area contributed by atoms with E-state index in [0.717, 1.165) is 17.3 Å². The van der Waals surface area contributed by atoms with Gasteiger partial charge in [-0.1, -0.05) is 41.9 Å². The van der Waals surface area contributed by atoms with E-state index in [1.807, 2.05) is 12.1 Å². The summed E-state index contributed by atoms with van der Waals surface area (Å²) in [5.41, 5.74) is 0.777. The van der Waals surface area contributed by atoms with E-state index in [1.54, 1.807) is 37.3 Å². The van der Waals surface area contributed by atoms with E-state index >= 15 is 0 Å². The van der Waals surface area contributed by atoms with E-state index in [1.165, 1.54) is 6.07 Å². The second-order valence-corrected chi connectivity index (χ2v) is 6.61. The molecule has 2 rings (SSSR count). The summed E-state index contributed by atoms with van der Waals surface area (Å²) < 4.78 is 18.3. The van der Waals surface area contributed by atoms with Gasteiger partial charge in [0.2, 0.25) is 0 Å². The minimum Gasteiger partial charge on any atom is -0.455 e. The molecule has 1 atom stereocenters. The van der Waals surface area contributed by atoms with Gasteiger partial charge in [-0.05, 0) is 30.7 Å². The molecule has 0 aliphatic carbocycles. The molecule has 0 saturated carbocycles. The van der Waals surface area contributed by atoms with Crippen LogP contribution >= 0.6 is 23.4 Å². The zero-order valence-corrected chi connectivity index (χ0v) is 15.1. The van der Waals surface area contributed by atoms with Crippen LogP contribution in [0.5, 0.6) is 0 Å². The lowest BCUT2D eigenvalue weighted by atomic mass is 10.1. The molecule has 0 spiro atoms. The fourth-order valence-electron chi connectivity index (χ4n) is 2.07. The maximum atomic E-state index is 13.4. The van der Waals surface area contributed by atoms with E-state index in [2.05, 4.69) is 5.32 Å². The van der Waals surface area contributed by atoms with Crippen LogP contribution in [-0.2, 0) is 14.3 Å². The zero-order valence-electron chi connectivity index (χ0n) is 13.5. The van der Waals surface area contributed by atoms with Crippen molar-refractivity contribution in [3.8, 4) is 0 Å². The lowest BCUT2D eigenvalue weighted by Gasteiger charge is -2.15. The molecule has 4 nitrogen and oxygen atoms in total. The molecule has 2 aromatic carbocycles. The number of thioether (sulfide) groups is 1. The number of ether oxygens (including phenoxy) is 1. The van der Waals surface area contributed by atoms with Gasteiger partial charge in [-0.3, -0.25) is 9.59 Å². The maximum absolute atomic E-state index is 13.4. The van der Waals surface area contributed by atoms with Crippen LogP contribution in [0.1, 0.15) is 18.5 Å². The smallest absolute Gasteiger partial charge is 0.316 e. The largest absolute Gasteiger partial charge is 0.455 e. The second kappa shape index (κ2) is 9.44. The highest BCUT2D eigenvalue weighted by molar-refractivity contribution is 8.00. The summed E-state index contributed by atoms with van der Waals surface area (Å²) in [6.07, 6.45) is 0. The SMILES string of the molecule is C[C@H](NC(=O)COC(=O)CSc1ccccc1F)c1ccccc1Cl. The summed E-state index contributed by atoms with van der Waals surface area (Å²) in [6, 6.07) is 13.0. The van der Waals surface area contributed by atoms with Crippen molar-refractivity contribution in [1.82, 2.24) is 5.32 Å². The van der Waals surface area contributed by atoms with E-state index < -0.39 is 24.3 Å². The van der Waals surface area contributed by atoms with Crippen LogP contribution in [0.3, 0.4) is 0 Å². The molecule has 0 heterocycles. The highest BCUT2D eigenvalue weighted by atomic mass is 35.5. The van der Waals surface area contributed by atoms with Crippen LogP contribution in [0.25, 0.3) is 0 Å². The Hall–Kier alpha value is -2.05. The fourth-order valence-corrected chi connectivity index (χ4v) is 3.11. The number of amides is 1. The molecule has 0 radical (unpaired) electrons. The van der Waals surface area contributed by atoms with Crippen molar-refractivity contribution in [3.05, 3.63) is 64.9 Å². The minimum atomic E-state index is -0.589. The van der Waals surface area contributed by atoms with Gasteiger partial charge in [-0.15, -0.1) is 11.8 Å². The van der Waals surface area contributed by atoms with Crippen molar-refractivity contribution < 1.29 is 18.7 Å². The van der Waals surface area contributed by atoms with Crippen molar-refractivity contribution >= 4 is 35.2 Å². The maximum Gasteiger partial charge on any atom is 0.316 e. The zero-order chi connectivity index (χ0) is 18.2. The van der Waals surface area contributed by atoms with E-state index in [4.69, 9.17) is 16.3 Å². The standard InChI is InChI=1S/C18H17ClFNO3S/c1-12(13-6-2-3-7-14(13)19)21-17(22)10-24-18(23)11-25-16-9-5-4-8-15(16)20/h2-9,12H,10-11H2,1H3,(H,21,22)/t12-/m0/s1. The number of hydrogen-bond acceptors (Lipinski definition) is 4. The number of esters is 1. The Balaban J connectivity index is 1.75. The van der Waals surface area contributed by atoms with Crippen molar-refractivity contribution in [2.24, 2.45) is 0 Å². The summed E-state index contributed by atoms with van der Waals surface area (Å²) in [5.74, 6) is -1.49. The number of rotatable bonds is 7. The number of benzene rings is 2. The summed E-state index contributed by atoms with van der Waals surface area (Å²) in [7, 11) is 0. The third kappa shape index (κ3) is 6.07.